The zero-order chi connectivity index (χ0) is 17.5. The van der Waals surface area contributed by atoms with Crippen molar-refractivity contribution < 1.29 is 14.4 Å². The first-order chi connectivity index (χ1) is 11.3. The van der Waals surface area contributed by atoms with E-state index >= 15 is 0 Å². The molecular weight excluding hydrogens is 306 g/mol. The normalized spacial score (nSPS) is 16.4. The van der Waals surface area contributed by atoms with E-state index in [1.54, 1.807) is 6.92 Å². The van der Waals surface area contributed by atoms with E-state index in [0.717, 1.165) is 24.2 Å². The fourth-order valence-electron chi connectivity index (χ4n) is 2.77. The molecule has 2 aromatic heterocycles. The van der Waals surface area contributed by atoms with Crippen LogP contribution in [0.3, 0.4) is 0 Å². The smallest absolute Gasteiger partial charge is 0.259 e. The van der Waals surface area contributed by atoms with Gasteiger partial charge >= 0.3 is 0 Å². The first-order valence-corrected chi connectivity index (χ1v) is 8.49. The number of aromatic nitrogens is 2. The lowest BCUT2D eigenvalue weighted by atomic mass is 9.89. The van der Waals surface area contributed by atoms with Gasteiger partial charge < -0.3 is 14.9 Å². The third kappa shape index (κ3) is 3.59. The Kier molecular flexibility index (Phi) is 4.34. The molecule has 3 rings (SSSR count). The lowest BCUT2D eigenvalue weighted by molar-refractivity contribution is 0.0923. The van der Waals surface area contributed by atoms with Gasteiger partial charge in [-0.25, -0.2) is 4.98 Å². The Hall–Kier alpha value is -1.95. The number of nitrogens with zero attached hydrogens (tertiary/aromatic N) is 2. The molecule has 2 aromatic rings. The molecule has 0 spiro atoms. The maximum atomic E-state index is 12.7. The molecule has 24 heavy (non-hydrogen) atoms. The van der Waals surface area contributed by atoms with Crippen molar-refractivity contribution in [1.29, 1.82) is 0 Å². The molecule has 1 fully saturated rings. The van der Waals surface area contributed by atoms with Gasteiger partial charge in [0.2, 0.25) is 0 Å². The zero-order valence-corrected chi connectivity index (χ0v) is 14.7. The Morgan fingerprint density at radius 3 is 2.75 bits per heavy atom. The van der Waals surface area contributed by atoms with Crippen molar-refractivity contribution in [1.82, 2.24) is 15.5 Å². The SMILES string of the molecule is C[C@H](CO)NC(=O)c1cc(C2CC2)nc2onc(CC(C)(C)C)c12. The number of hydrogen-bond donors (Lipinski definition) is 2. The highest BCUT2D eigenvalue weighted by Gasteiger charge is 2.30. The summed E-state index contributed by atoms with van der Waals surface area (Å²) < 4.78 is 5.45. The summed E-state index contributed by atoms with van der Waals surface area (Å²) >= 11 is 0. The van der Waals surface area contributed by atoms with Gasteiger partial charge in [0.15, 0.2) is 0 Å². The molecular formula is C18H25N3O3. The fourth-order valence-corrected chi connectivity index (χ4v) is 2.77. The number of rotatable bonds is 5. The van der Waals surface area contributed by atoms with Crippen molar-refractivity contribution in [2.75, 3.05) is 6.61 Å². The average Bonchev–Trinajstić information content (AvgIpc) is 3.28. The summed E-state index contributed by atoms with van der Waals surface area (Å²) in [6.45, 7) is 8.02. The van der Waals surface area contributed by atoms with Crippen molar-refractivity contribution in [2.24, 2.45) is 5.41 Å². The van der Waals surface area contributed by atoms with E-state index in [1.165, 1.54) is 0 Å². The van der Waals surface area contributed by atoms with E-state index in [-0.39, 0.29) is 24.0 Å². The molecule has 0 aromatic carbocycles. The molecule has 1 aliphatic rings. The molecule has 1 amide bonds. The molecule has 0 aliphatic heterocycles. The van der Waals surface area contributed by atoms with Crippen molar-refractivity contribution >= 4 is 17.0 Å². The minimum atomic E-state index is -0.309. The first kappa shape index (κ1) is 16.9. The van der Waals surface area contributed by atoms with E-state index in [1.807, 2.05) is 6.07 Å². The molecule has 130 valence electrons. The van der Waals surface area contributed by atoms with Crippen LogP contribution in [-0.4, -0.2) is 33.8 Å². The van der Waals surface area contributed by atoms with Gasteiger partial charge in [-0.05, 0) is 37.7 Å². The Labute approximate surface area is 141 Å². The molecule has 2 heterocycles. The minimum Gasteiger partial charge on any atom is -0.394 e. The van der Waals surface area contributed by atoms with E-state index in [2.05, 4.69) is 36.2 Å². The van der Waals surface area contributed by atoms with Crippen LogP contribution in [0.4, 0.5) is 0 Å². The summed E-state index contributed by atoms with van der Waals surface area (Å²) in [5.41, 5.74) is 2.64. The first-order valence-electron chi connectivity index (χ1n) is 8.49. The van der Waals surface area contributed by atoms with Gasteiger partial charge in [0.05, 0.1) is 23.3 Å². The molecule has 0 saturated heterocycles. The number of pyridine rings is 1. The van der Waals surface area contributed by atoms with Gasteiger partial charge in [-0.1, -0.05) is 25.9 Å². The summed E-state index contributed by atoms with van der Waals surface area (Å²) in [7, 11) is 0. The van der Waals surface area contributed by atoms with Crippen molar-refractivity contribution in [3.8, 4) is 0 Å². The van der Waals surface area contributed by atoms with E-state index in [0.29, 0.717) is 29.0 Å². The summed E-state index contributed by atoms with van der Waals surface area (Å²) in [4.78, 5) is 17.3. The molecule has 1 atom stereocenters. The van der Waals surface area contributed by atoms with Crippen LogP contribution < -0.4 is 5.32 Å². The van der Waals surface area contributed by atoms with Gasteiger partial charge in [0, 0.05) is 17.7 Å². The van der Waals surface area contributed by atoms with Gasteiger partial charge in [-0.2, -0.15) is 0 Å². The Morgan fingerprint density at radius 1 is 1.46 bits per heavy atom. The standard InChI is InChI=1S/C18H25N3O3/c1-10(9-22)19-16(23)12-7-13(11-5-6-11)20-17-15(12)14(21-24-17)8-18(2,3)4/h7,10-11,22H,5-6,8-9H2,1-4H3,(H,19,23)/t10-/m1/s1. The minimum absolute atomic E-state index is 0.0190. The molecule has 0 unspecified atom stereocenters. The molecule has 2 N–H and O–H groups in total. The number of fused-ring (bicyclic) bond motifs is 1. The van der Waals surface area contributed by atoms with Crippen LogP contribution in [0, 0.1) is 5.41 Å². The van der Waals surface area contributed by atoms with Gasteiger partial charge in [0.1, 0.15) is 0 Å². The Bertz CT molecular complexity index is 757. The fraction of sp³-hybridized carbons (Fsp3) is 0.611. The van der Waals surface area contributed by atoms with Crippen molar-refractivity contribution in [2.45, 2.75) is 58.9 Å². The third-order valence-corrected chi connectivity index (χ3v) is 4.13. The van der Waals surface area contributed by atoms with E-state index < -0.39 is 0 Å². The maximum Gasteiger partial charge on any atom is 0.259 e. The zero-order valence-electron chi connectivity index (χ0n) is 14.7. The molecule has 1 saturated carbocycles. The number of hydrogen-bond acceptors (Lipinski definition) is 5. The highest BCUT2D eigenvalue weighted by Crippen LogP contribution is 2.40. The van der Waals surface area contributed by atoms with Crippen LogP contribution in [0.25, 0.3) is 11.1 Å². The number of aliphatic hydroxyl groups is 1. The van der Waals surface area contributed by atoms with E-state index in [9.17, 15) is 9.90 Å². The van der Waals surface area contributed by atoms with Crippen LogP contribution in [0.5, 0.6) is 0 Å². The van der Waals surface area contributed by atoms with E-state index in [4.69, 9.17) is 4.52 Å². The van der Waals surface area contributed by atoms with Crippen LogP contribution in [0.1, 0.15) is 68.2 Å². The molecule has 0 radical (unpaired) electrons. The largest absolute Gasteiger partial charge is 0.394 e. The summed E-state index contributed by atoms with van der Waals surface area (Å²) in [6, 6.07) is 1.55. The summed E-state index contributed by atoms with van der Waals surface area (Å²) in [5, 5.41) is 16.9. The number of carbonyl (C=O) groups excluding carboxylic acids is 1. The Morgan fingerprint density at radius 2 is 2.17 bits per heavy atom. The van der Waals surface area contributed by atoms with Crippen LogP contribution in [0.2, 0.25) is 0 Å². The molecule has 6 heteroatoms. The number of amides is 1. The quantitative estimate of drug-likeness (QED) is 0.879. The predicted octanol–water partition coefficient (Wildman–Crippen LogP) is 2.80. The number of carbonyl (C=O) groups is 1. The van der Waals surface area contributed by atoms with Gasteiger partial charge in [-0.15, -0.1) is 0 Å². The van der Waals surface area contributed by atoms with Crippen molar-refractivity contribution in [3.63, 3.8) is 0 Å². The van der Waals surface area contributed by atoms with Crippen LogP contribution >= 0.6 is 0 Å². The summed E-state index contributed by atoms with van der Waals surface area (Å²) in [5.74, 6) is 0.191. The second kappa shape index (κ2) is 6.16. The van der Waals surface area contributed by atoms with Crippen LogP contribution in [0.15, 0.2) is 10.6 Å². The molecule has 0 bridgehead atoms. The van der Waals surface area contributed by atoms with Gasteiger partial charge in [0.25, 0.3) is 11.6 Å². The maximum absolute atomic E-state index is 12.7. The average molecular weight is 331 g/mol. The summed E-state index contributed by atoms with van der Waals surface area (Å²) in [6.07, 6.45) is 2.88. The highest BCUT2D eigenvalue weighted by atomic mass is 16.5. The lowest BCUT2D eigenvalue weighted by Crippen LogP contribution is -2.35. The molecule has 6 nitrogen and oxygen atoms in total. The Balaban J connectivity index is 2.08. The molecule has 1 aliphatic carbocycles. The third-order valence-electron chi connectivity index (χ3n) is 4.13. The highest BCUT2D eigenvalue weighted by molar-refractivity contribution is 6.06. The second-order valence-corrected chi connectivity index (χ2v) is 7.97. The topological polar surface area (TPSA) is 88.2 Å². The van der Waals surface area contributed by atoms with Crippen molar-refractivity contribution in [3.05, 3.63) is 23.0 Å². The predicted molar refractivity (Wildman–Crippen MR) is 91.0 cm³/mol. The monoisotopic (exact) mass is 331 g/mol. The number of aliphatic hydroxyl groups excluding tert-OH is 1. The van der Waals surface area contributed by atoms with Gasteiger partial charge in [-0.3, -0.25) is 4.79 Å². The van der Waals surface area contributed by atoms with Crippen LogP contribution in [-0.2, 0) is 6.42 Å². The second-order valence-electron chi connectivity index (χ2n) is 7.97. The number of nitrogens with one attached hydrogen (secondary N) is 1. The lowest BCUT2D eigenvalue weighted by Gasteiger charge is -2.17.